The molecule has 0 fully saturated rings. The molecule has 4 N–H and O–H groups in total. The van der Waals surface area contributed by atoms with Crippen LogP contribution in [0.15, 0.2) is 42.5 Å². The second-order valence-corrected chi connectivity index (χ2v) is 6.78. The summed E-state index contributed by atoms with van der Waals surface area (Å²) in [5, 5.41) is 5.00. The molecule has 0 saturated carbocycles. The summed E-state index contributed by atoms with van der Waals surface area (Å²) < 4.78 is 9.88. The molecule has 0 radical (unpaired) electrons. The lowest BCUT2D eigenvalue weighted by Crippen LogP contribution is -2.54. The first-order valence-electron chi connectivity index (χ1n) is 9.64. The molecule has 1 aromatic carbocycles. The highest BCUT2D eigenvalue weighted by Gasteiger charge is 2.28. The van der Waals surface area contributed by atoms with Crippen LogP contribution in [0.1, 0.15) is 32.8 Å². The van der Waals surface area contributed by atoms with Crippen molar-refractivity contribution in [3.05, 3.63) is 48.0 Å². The van der Waals surface area contributed by atoms with E-state index >= 15 is 0 Å². The van der Waals surface area contributed by atoms with E-state index in [1.807, 2.05) is 18.2 Å². The highest BCUT2D eigenvalue weighted by Crippen LogP contribution is 2.06. The highest BCUT2D eigenvalue weighted by molar-refractivity contribution is 5.91. The minimum absolute atomic E-state index is 0.00313. The van der Waals surface area contributed by atoms with Crippen molar-refractivity contribution in [1.29, 1.82) is 0 Å². The third-order valence-electron chi connectivity index (χ3n) is 4.01. The largest absolute Gasteiger partial charge is 0.463 e. The average molecular weight is 419 g/mol. The van der Waals surface area contributed by atoms with Gasteiger partial charge in [-0.2, -0.15) is 0 Å². The number of primary amides is 1. The zero-order valence-corrected chi connectivity index (χ0v) is 17.4. The fraction of sp³-hybridized carbons (Fsp3) is 0.429. The molecule has 3 amide bonds. The van der Waals surface area contributed by atoms with Crippen molar-refractivity contribution >= 4 is 23.9 Å². The van der Waals surface area contributed by atoms with Gasteiger partial charge in [-0.25, -0.2) is 9.59 Å². The first-order chi connectivity index (χ1) is 14.2. The zero-order valence-electron chi connectivity index (χ0n) is 17.4. The van der Waals surface area contributed by atoms with Crippen LogP contribution in [0.5, 0.6) is 0 Å². The van der Waals surface area contributed by atoms with Gasteiger partial charge >= 0.3 is 12.1 Å². The number of carbonyl (C=O) groups is 4. The molecule has 0 saturated heterocycles. The van der Waals surface area contributed by atoms with Gasteiger partial charge in [0.2, 0.25) is 11.8 Å². The number of ether oxygens (including phenoxy) is 2. The van der Waals surface area contributed by atoms with Gasteiger partial charge in [-0.3, -0.25) is 9.59 Å². The van der Waals surface area contributed by atoms with Crippen molar-refractivity contribution in [2.75, 3.05) is 6.61 Å². The molecule has 0 aliphatic rings. The van der Waals surface area contributed by atoms with E-state index in [0.29, 0.717) is 0 Å². The SMILES string of the molecule is CCOC(=O)/C=C/C[C@@H](NC(=O)[C@H](NC(=O)OCc1ccccc1)C(C)C)C(N)=O. The number of nitrogens with one attached hydrogen (secondary N) is 2. The van der Waals surface area contributed by atoms with Crippen LogP contribution in [0.4, 0.5) is 4.79 Å². The number of benzene rings is 1. The molecule has 0 heterocycles. The third kappa shape index (κ3) is 9.22. The van der Waals surface area contributed by atoms with Crippen LogP contribution in [0.2, 0.25) is 0 Å². The Kier molecular flexibility index (Phi) is 10.7. The monoisotopic (exact) mass is 419 g/mol. The Balaban J connectivity index is 2.65. The zero-order chi connectivity index (χ0) is 22.5. The van der Waals surface area contributed by atoms with E-state index in [0.717, 1.165) is 11.6 Å². The van der Waals surface area contributed by atoms with E-state index < -0.39 is 36.0 Å². The molecule has 0 aromatic heterocycles. The minimum atomic E-state index is -1.05. The van der Waals surface area contributed by atoms with Gasteiger partial charge in [0, 0.05) is 6.08 Å². The van der Waals surface area contributed by atoms with Crippen LogP contribution in [0.25, 0.3) is 0 Å². The summed E-state index contributed by atoms with van der Waals surface area (Å²) in [6.45, 7) is 5.42. The second kappa shape index (κ2) is 13.0. The molecule has 0 spiro atoms. The Bertz CT molecular complexity index is 748. The lowest BCUT2D eigenvalue weighted by molar-refractivity contribution is -0.137. The molecule has 164 valence electrons. The Morgan fingerprint density at radius 2 is 1.73 bits per heavy atom. The number of alkyl carbamates (subject to hydrolysis) is 1. The fourth-order valence-electron chi connectivity index (χ4n) is 2.43. The summed E-state index contributed by atoms with van der Waals surface area (Å²) in [5.74, 6) is -2.20. The van der Waals surface area contributed by atoms with Crippen molar-refractivity contribution < 1.29 is 28.7 Å². The van der Waals surface area contributed by atoms with Gasteiger partial charge in [-0.15, -0.1) is 0 Å². The number of amides is 3. The molecule has 9 nitrogen and oxygen atoms in total. The summed E-state index contributed by atoms with van der Waals surface area (Å²) in [6.07, 6.45) is 1.79. The van der Waals surface area contributed by atoms with Gasteiger partial charge in [0.25, 0.3) is 0 Å². The molecule has 0 aliphatic carbocycles. The van der Waals surface area contributed by atoms with Crippen LogP contribution >= 0.6 is 0 Å². The summed E-state index contributed by atoms with van der Waals surface area (Å²) in [4.78, 5) is 47.7. The molecule has 0 bridgehead atoms. The predicted molar refractivity (Wildman–Crippen MR) is 110 cm³/mol. The quantitative estimate of drug-likeness (QED) is 0.366. The van der Waals surface area contributed by atoms with Gasteiger partial charge in [0.15, 0.2) is 0 Å². The first-order valence-corrected chi connectivity index (χ1v) is 9.64. The number of esters is 1. The van der Waals surface area contributed by atoms with Crippen LogP contribution in [0, 0.1) is 5.92 Å². The summed E-state index contributed by atoms with van der Waals surface area (Å²) >= 11 is 0. The van der Waals surface area contributed by atoms with E-state index in [1.165, 1.54) is 6.08 Å². The fourth-order valence-corrected chi connectivity index (χ4v) is 2.43. The second-order valence-electron chi connectivity index (χ2n) is 6.78. The molecule has 1 aromatic rings. The molecular weight excluding hydrogens is 390 g/mol. The third-order valence-corrected chi connectivity index (χ3v) is 4.01. The topological polar surface area (TPSA) is 137 Å². The maximum Gasteiger partial charge on any atom is 0.408 e. The van der Waals surface area contributed by atoms with E-state index in [-0.39, 0.29) is 25.6 Å². The number of hydrogen-bond donors (Lipinski definition) is 3. The summed E-state index contributed by atoms with van der Waals surface area (Å²) in [5.41, 5.74) is 6.14. The lowest BCUT2D eigenvalue weighted by Gasteiger charge is -2.23. The van der Waals surface area contributed by atoms with Crippen molar-refractivity contribution in [3.8, 4) is 0 Å². The van der Waals surface area contributed by atoms with Crippen LogP contribution < -0.4 is 16.4 Å². The standard InChI is InChI=1S/C21H29N3O6/c1-4-29-17(25)12-8-11-16(19(22)26)23-20(27)18(14(2)3)24-21(28)30-13-15-9-6-5-7-10-15/h5-10,12,14,16,18H,4,11,13H2,1-3H3,(H2,22,26)(H,23,27)(H,24,28)/b12-8+/t16-,18-/m1/s1. The average Bonchev–Trinajstić information content (AvgIpc) is 2.70. The molecule has 0 aliphatic heterocycles. The van der Waals surface area contributed by atoms with Crippen molar-refractivity contribution in [3.63, 3.8) is 0 Å². The van der Waals surface area contributed by atoms with Gasteiger partial charge in [-0.05, 0) is 24.8 Å². The maximum absolute atomic E-state index is 12.6. The first kappa shape index (κ1) is 24.7. The molecule has 1 rings (SSSR count). The smallest absolute Gasteiger partial charge is 0.408 e. The van der Waals surface area contributed by atoms with Crippen molar-refractivity contribution in [2.45, 2.75) is 45.9 Å². The molecule has 2 atom stereocenters. The van der Waals surface area contributed by atoms with Gasteiger partial charge in [-0.1, -0.05) is 50.3 Å². The highest BCUT2D eigenvalue weighted by atomic mass is 16.5. The lowest BCUT2D eigenvalue weighted by atomic mass is 10.0. The van der Waals surface area contributed by atoms with Crippen LogP contribution in [0.3, 0.4) is 0 Å². The number of hydrogen-bond acceptors (Lipinski definition) is 6. The van der Waals surface area contributed by atoms with Gasteiger partial charge in [0.1, 0.15) is 18.7 Å². The van der Waals surface area contributed by atoms with Crippen molar-refractivity contribution in [2.24, 2.45) is 11.7 Å². The van der Waals surface area contributed by atoms with Crippen molar-refractivity contribution in [1.82, 2.24) is 10.6 Å². The molecular formula is C21H29N3O6. The van der Waals surface area contributed by atoms with Gasteiger partial charge in [0.05, 0.1) is 6.61 Å². The minimum Gasteiger partial charge on any atom is -0.463 e. The molecule has 0 unspecified atom stereocenters. The summed E-state index contributed by atoms with van der Waals surface area (Å²) in [6, 6.07) is 7.11. The normalized spacial score (nSPS) is 12.8. The van der Waals surface area contributed by atoms with E-state index in [2.05, 4.69) is 10.6 Å². The van der Waals surface area contributed by atoms with Gasteiger partial charge < -0.3 is 25.8 Å². The molecule has 30 heavy (non-hydrogen) atoms. The maximum atomic E-state index is 12.6. The van der Waals surface area contributed by atoms with E-state index in [9.17, 15) is 19.2 Å². The number of nitrogens with two attached hydrogens (primary N) is 1. The Labute approximate surface area is 176 Å². The Morgan fingerprint density at radius 1 is 1.07 bits per heavy atom. The summed E-state index contributed by atoms with van der Waals surface area (Å²) in [7, 11) is 0. The van der Waals surface area contributed by atoms with Crippen LogP contribution in [-0.2, 0) is 30.5 Å². The van der Waals surface area contributed by atoms with Crippen LogP contribution in [-0.4, -0.2) is 42.6 Å². The van der Waals surface area contributed by atoms with E-state index in [1.54, 1.807) is 32.9 Å². The molecule has 9 heteroatoms. The Hall–Kier alpha value is -3.36. The number of rotatable bonds is 11. The van der Waals surface area contributed by atoms with E-state index in [4.69, 9.17) is 15.2 Å². The predicted octanol–water partition coefficient (Wildman–Crippen LogP) is 1.42. The Morgan fingerprint density at radius 3 is 2.30 bits per heavy atom. The number of carbonyl (C=O) groups excluding carboxylic acids is 4.